The smallest absolute Gasteiger partial charge is 0.399 e. The number of benzene rings is 3. The second-order valence-corrected chi connectivity index (χ2v) is 12.1. The normalized spacial score (nSPS) is 16.6. The average Bonchev–Trinajstić information content (AvgIpc) is 3.37. The molecule has 1 fully saturated rings. The van der Waals surface area contributed by atoms with Crippen molar-refractivity contribution in [1.82, 2.24) is 9.29 Å². The summed E-state index contributed by atoms with van der Waals surface area (Å²) in [5.41, 5.74) is 1.02. The molecule has 0 unspecified atom stereocenters. The maximum Gasteiger partial charge on any atom is 0.497 e. The number of fused-ring (bicyclic) bond motifs is 1. The second-order valence-electron chi connectivity index (χ2n) is 10.3. The van der Waals surface area contributed by atoms with Crippen LogP contribution in [0.15, 0.2) is 83.9 Å². The maximum absolute atomic E-state index is 13.7. The van der Waals surface area contributed by atoms with Gasteiger partial charge in [-0.15, -0.1) is 0 Å². The van der Waals surface area contributed by atoms with E-state index in [9.17, 15) is 17.6 Å². The van der Waals surface area contributed by atoms with Crippen molar-refractivity contribution in [2.45, 2.75) is 50.3 Å². The van der Waals surface area contributed by atoms with Crippen molar-refractivity contribution in [1.29, 1.82) is 0 Å². The number of nitrogens with zero attached hydrogens (tertiary/aromatic N) is 1. The van der Waals surface area contributed by atoms with E-state index in [-0.39, 0.29) is 23.2 Å². The summed E-state index contributed by atoms with van der Waals surface area (Å²) < 4.78 is 54.1. The topological polar surface area (TPSA) is 86.6 Å². The van der Waals surface area contributed by atoms with E-state index < -0.39 is 28.3 Å². The summed E-state index contributed by atoms with van der Waals surface area (Å²) in [5, 5.41) is 3.47. The summed E-state index contributed by atoms with van der Waals surface area (Å²) in [6.45, 7) is 8.00. The summed E-state index contributed by atoms with van der Waals surface area (Å²) >= 11 is 0. The average molecular weight is 534 g/mol. The van der Waals surface area contributed by atoms with Crippen molar-refractivity contribution in [2.75, 3.05) is 0 Å². The van der Waals surface area contributed by atoms with Crippen LogP contribution in [0, 0.1) is 5.82 Å². The van der Waals surface area contributed by atoms with Gasteiger partial charge in [-0.05, 0) is 75.7 Å². The molecule has 0 saturated carbocycles. The Kier molecular flexibility index (Phi) is 6.45. The number of amides is 1. The lowest BCUT2D eigenvalue weighted by molar-refractivity contribution is 0.00578. The van der Waals surface area contributed by atoms with Gasteiger partial charge in [0.2, 0.25) is 0 Å². The predicted octanol–water partition coefficient (Wildman–Crippen LogP) is 4.25. The first-order valence-electron chi connectivity index (χ1n) is 12.2. The third-order valence-electron chi connectivity index (χ3n) is 7.26. The van der Waals surface area contributed by atoms with Crippen LogP contribution in [0.2, 0.25) is 0 Å². The molecule has 1 N–H and O–H groups in total. The Hall–Kier alpha value is -3.47. The third kappa shape index (κ3) is 4.64. The molecule has 7 nitrogen and oxygen atoms in total. The minimum Gasteiger partial charge on any atom is -0.399 e. The van der Waals surface area contributed by atoms with E-state index in [2.05, 4.69) is 5.32 Å². The first kappa shape index (κ1) is 26.2. The van der Waals surface area contributed by atoms with Crippen molar-refractivity contribution in [3.8, 4) is 0 Å². The van der Waals surface area contributed by atoms with Crippen molar-refractivity contribution >= 4 is 39.4 Å². The molecule has 3 aromatic carbocycles. The molecule has 1 aliphatic heterocycles. The van der Waals surface area contributed by atoms with Gasteiger partial charge in [-0.2, -0.15) is 0 Å². The number of carbonyl (C=O) groups is 1. The zero-order valence-electron chi connectivity index (χ0n) is 21.6. The molecule has 1 saturated heterocycles. The summed E-state index contributed by atoms with van der Waals surface area (Å²) in [6.07, 6.45) is 1.55. The van der Waals surface area contributed by atoms with Crippen LogP contribution in [0.3, 0.4) is 0 Å². The first-order valence-corrected chi connectivity index (χ1v) is 13.7. The molecule has 0 aliphatic carbocycles. The molecule has 196 valence electrons. The molecule has 1 amide bonds. The zero-order chi connectivity index (χ0) is 27.3. The highest BCUT2D eigenvalue weighted by molar-refractivity contribution is 7.90. The summed E-state index contributed by atoms with van der Waals surface area (Å²) in [4.78, 5) is 12.6. The lowest BCUT2D eigenvalue weighted by Gasteiger charge is -2.32. The van der Waals surface area contributed by atoms with Gasteiger partial charge < -0.3 is 14.6 Å². The van der Waals surface area contributed by atoms with Crippen LogP contribution < -0.4 is 10.8 Å². The largest absolute Gasteiger partial charge is 0.497 e. The van der Waals surface area contributed by atoms with Crippen molar-refractivity contribution in [2.24, 2.45) is 0 Å². The van der Waals surface area contributed by atoms with E-state index in [1.54, 1.807) is 30.5 Å². The molecule has 0 radical (unpaired) electrons. The number of para-hydroxylation sites is 1. The van der Waals surface area contributed by atoms with Crippen LogP contribution in [0.5, 0.6) is 0 Å². The molecule has 4 aromatic rings. The number of carbonyl (C=O) groups excluding carboxylic acids is 1. The molecular formula is C28H28BFN2O5S. The maximum atomic E-state index is 13.7. The zero-order valence-corrected chi connectivity index (χ0v) is 22.4. The fraction of sp³-hybridized carbons (Fsp3) is 0.250. The van der Waals surface area contributed by atoms with Crippen LogP contribution in [-0.2, 0) is 25.9 Å². The molecule has 0 atom stereocenters. The fourth-order valence-corrected chi connectivity index (χ4v) is 5.69. The summed E-state index contributed by atoms with van der Waals surface area (Å²) in [7, 11) is -4.72. The molecule has 0 bridgehead atoms. The van der Waals surface area contributed by atoms with Gasteiger partial charge in [0, 0.05) is 29.2 Å². The van der Waals surface area contributed by atoms with Gasteiger partial charge in [-0.1, -0.05) is 30.3 Å². The molecule has 2 heterocycles. The minimum atomic E-state index is -4.00. The van der Waals surface area contributed by atoms with Crippen LogP contribution >= 0.6 is 0 Å². The van der Waals surface area contributed by atoms with Gasteiger partial charge in [0.25, 0.3) is 15.9 Å². The highest BCUT2D eigenvalue weighted by atomic mass is 32.2. The number of halogens is 1. The monoisotopic (exact) mass is 534 g/mol. The second kappa shape index (κ2) is 9.37. The number of hydrogen-bond acceptors (Lipinski definition) is 5. The van der Waals surface area contributed by atoms with E-state index in [0.29, 0.717) is 21.9 Å². The van der Waals surface area contributed by atoms with E-state index in [0.717, 1.165) is 5.56 Å². The number of rotatable bonds is 6. The van der Waals surface area contributed by atoms with Gasteiger partial charge in [0.15, 0.2) is 0 Å². The Labute approximate surface area is 221 Å². The van der Waals surface area contributed by atoms with Gasteiger partial charge in [-0.25, -0.2) is 16.8 Å². The van der Waals surface area contributed by atoms with Gasteiger partial charge in [0.05, 0.1) is 21.6 Å². The minimum absolute atomic E-state index is 0.0359. The quantitative estimate of drug-likeness (QED) is 0.374. The van der Waals surface area contributed by atoms with E-state index in [1.807, 2.05) is 39.8 Å². The molecule has 5 rings (SSSR count). The van der Waals surface area contributed by atoms with Crippen LogP contribution in [0.1, 0.15) is 43.6 Å². The summed E-state index contributed by atoms with van der Waals surface area (Å²) in [6, 6.07) is 18.8. The molecule has 1 aromatic heterocycles. The molecule has 10 heteroatoms. The van der Waals surface area contributed by atoms with Crippen molar-refractivity contribution in [3.63, 3.8) is 0 Å². The van der Waals surface area contributed by atoms with Crippen LogP contribution in [0.4, 0.5) is 4.39 Å². The van der Waals surface area contributed by atoms with E-state index in [1.165, 1.54) is 40.4 Å². The Morgan fingerprint density at radius 1 is 0.921 bits per heavy atom. The highest BCUT2D eigenvalue weighted by Crippen LogP contribution is 2.37. The fourth-order valence-electron chi connectivity index (χ4n) is 4.31. The van der Waals surface area contributed by atoms with Crippen molar-refractivity contribution < 1.29 is 26.9 Å². The van der Waals surface area contributed by atoms with Crippen LogP contribution in [0.25, 0.3) is 10.9 Å². The van der Waals surface area contributed by atoms with Gasteiger partial charge in [-0.3, -0.25) is 4.79 Å². The standard InChI is InChI=1S/C28H28BFN2O5S/c1-27(2)28(3,4)37-29(36-27)24-18-32(25-8-6-5-7-23(24)25)38(34,35)22-15-11-20(12-16-22)26(33)31-17-19-9-13-21(30)14-10-19/h5-16,18H,17H2,1-4H3,(H,31,33). The Morgan fingerprint density at radius 2 is 1.53 bits per heavy atom. The van der Waals surface area contributed by atoms with E-state index in [4.69, 9.17) is 9.31 Å². The Morgan fingerprint density at radius 3 is 2.16 bits per heavy atom. The number of aromatic nitrogens is 1. The lowest BCUT2D eigenvalue weighted by atomic mass is 9.79. The molecule has 0 spiro atoms. The Bertz CT molecular complexity index is 1600. The number of hydrogen-bond donors (Lipinski definition) is 1. The van der Waals surface area contributed by atoms with E-state index >= 15 is 0 Å². The summed E-state index contributed by atoms with van der Waals surface area (Å²) in [5.74, 6) is -0.719. The molecule has 1 aliphatic rings. The van der Waals surface area contributed by atoms with Crippen LogP contribution in [-0.4, -0.2) is 36.6 Å². The Balaban J connectivity index is 1.41. The first-order chi connectivity index (χ1) is 17.9. The SMILES string of the molecule is CC1(C)OB(c2cn(S(=O)(=O)c3ccc(C(=O)NCc4ccc(F)cc4)cc3)c3ccccc23)OC1(C)C. The molecular weight excluding hydrogens is 506 g/mol. The van der Waals surface area contributed by atoms with Crippen molar-refractivity contribution in [3.05, 3.63) is 95.9 Å². The van der Waals surface area contributed by atoms with Gasteiger partial charge in [0.1, 0.15) is 5.82 Å². The lowest BCUT2D eigenvalue weighted by Crippen LogP contribution is -2.41. The third-order valence-corrected chi connectivity index (χ3v) is 8.94. The molecule has 38 heavy (non-hydrogen) atoms. The number of nitrogens with one attached hydrogen (secondary N) is 1. The highest BCUT2D eigenvalue weighted by Gasteiger charge is 2.52. The van der Waals surface area contributed by atoms with Gasteiger partial charge >= 0.3 is 7.12 Å². The predicted molar refractivity (Wildman–Crippen MR) is 144 cm³/mol.